The molecule has 2 rings (SSSR count). The zero-order valence-electron chi connectivity index (χ0n) is 14.2. The summed E-state index contributed by atoms with van der Waals surface area (Å²) in [5.41, 5.74) is 0. The number of amides is 2. The van der Waals surface area contributed by atoms with Crippen molar-refractivity contribution in [2.75, 3.05) is 26.2 Å². The first-order valence-electron chi connectivity index (χ1n) is 8.03. The quantitative estimate of drug-likeness (QED) is 0.631. The van der Waals surface area contributed by atoms with Gasteiger partial charge in [-0.15, -0.1) is 11.3 Å². The van der Waals surface area contributed by atoms with Gasteiger partial charge >= 0.3 is 12.0 Å². The maximum atomic E-state index is 12.2. The van der Waals surface area contributed by atoms with Crippen LogP contribution in [0.3, 0.4) is 0 Å². The van der Waals surface area contributed by atoms with Crippen LogP contribution in [0.5, 0.6) is 0 Å². The summed E-state index contributed by atoms with van der Waals surface area (Å²) in [5.74, 6) is -1.22. The molecule has 0 bridgehead atoms. The number of sulfonamides is 1. The Balaban J connectivity index is 1.75. The lowest BCUT2D eigenvalue weighted by Gasteiger charge is -2.30. The Bertz CT molecular complexity index is 736. The van der Waals surface area contributed by atoms with Gasteiger partial charge in [0.05, 0.1) is 10.8 Å². The molecule has 1 aromatic heterocycles. The zero-order chi connectivity index (χ0) is 18.6. The van der Waals surface area contributed by atoms with Gasteiger partial charge in [0, 0.05) is 35.9 Å². The largest absolute Gasteiger partial charge is 0.481 e. The van der Waals surface area contributed by atoms with Crippen LogP contribution in [0.2, 0.25) is 0 Å². The van der Waals surface area contributed by atoms with E-state index in [4.69, 9.17) is 5.11 Å². The molecule has 1 aromatic rings. The van der Waals surface area contributed by atoms with E-state index in [1.165, 1.54) is 11.3 Å². The number of carboxylic acid groups (broad SMARTS) is 1. The van der Waals surface area contributed by atoms with Crippen molar-refractivity contribution in [2.45, 2.75) is 31.6 Å². The number of thiophene rings is 1. The minimum absolute atomic E-state index is 0.0913. The molecule has 2 heterocycles. The van der Waals surface area contributed by atoms with E-state index >= 15 is 0 Å². The Morgan fingerprint density at radius 1 is 1.28 bits per heavy atom. The Kier molecular flexibility index (Phi) is 6.42. The van der Waals surface area contributed by atoms with Crippen LogP contribution >= 0.6 is 11.3 Å². The van der Waals surface area contributed by atoms with Crippen LogP contribution in [0.15, 0.2) is 11.0 Å². The van der Waals surface area contributed by atoms with Crippen LogP contribution in [0, 0.1) is 19.8 Å². The van der Waals surface area contributed by atoms with Gasteiger partial charge in [0.15, 0.2) is 0 Å². The smallest absolute Gasteiger partial charge is 0.317 e. The van der Waals surface area contributed by atoms with Crippen LogP contribution in [0.1, 0.15) is 22.6 Å². The molecule has 0 spiro atoms. The van der Waals surface area contributed by atoms with E-state index in [0.29, 0.717) is 25.9 Å². The number of carbonyl (C=O) groups excluding carboxylic acids is 1. The summed E-state index contributed by atoms with van der Waals surface area (Å²) in [5, 5.41) is 11.6. The molecule has 0 radical (unpaired) electrons. The fourth-order valence-corrected chi connectivity index (χ4v) is 5.33. The number of carboxylic acids is 1. The summed E-state index contributed by atoms with van der Waals surface area (Å²) < 4.78 is 26.9. The number of likely N-dealkylation sites (tertiary alicyclic amines) is 1. The molecule has 3 N–H and O–H groups in total. The molecule has 8 nitrogen and oxygen atoms in total. The van der Waals surface area contributed by atoms with E-state index in [0.717, 1.165) is 9.75 Å². The maximum Gasteiger partial charge on any atom is 0.317 e. The molecule has 140 valence electrons. The molecule has 10 heteroatoms. The van der Waals surface area contributed by atoms with Crippen molar-refractivity contribution < 1.29 is 23.1 Å². The third-order valence-electron chi connectivity index (χ3n) is 4.11. The average Bonchev–Trinajstić information content (AvgIpc) is 2.91. The Morgan fingerprint density at radius 3 is 2.44 bits per heavy atom. The second-order valence-corrected chi connectivity index (χ2v) is 9.20. The summed E-state index contributed by atoms with van der Waals surface area (Å²) in [6.07, 6.45) is 0.873. The zero-order valence-corrected chi connectivity index (χ0v) is 15.9. The molecule has 1 aliphatic heterocycles. The average molecular weight is 389 g/mol. The minimum Gasteiger partial charge on any atom is -0.481 e. The topological polar surface area (TPSA) is 116 Å². The second-order valence-electron chi connectivity index (χ2n) is 6.01. The summed E-state index contributed by atoms with van der Waals surface area (Å²) in [6.45, 7) is 4.65. The Hall–Kier alpha value is -1.65. The first kappa shape index (κ1) is 19.7. The molecular formula is C15H23N3O5S2. The molecule has 0 atom stereocenters. The molecule has 1 saturated heterocycles. The van der Waals surface area contributed by atoms with Crippen molar-refractivity contribution in [1.82, 2.24) is 14.9 Å². The predicted octanol–water partition coefficient (Wildman–Crippen LogP) is 1.15. The molecule has 0 aliphatic carbocycles. The first-order valence-corrected chi connectivity index (χ1v) is 10.3. The lowest BCUT2D eigenvalue weighted by atomic mass is 9.97. The fourth-order valence-electron chi connectivity index (χ4n) is 2.75. The van der Waals surface area contributed by atoms with E-state index in [-0.39, 0.29) is 24.0 Å². The lowest BCUT2D eigenvalue weighted by Crippen LogP contribution is -2.47. The van der Waals surface area contributed by atoms with Gasteiger partial charge in [-0.25, -0.2) is 17.9 Å². The van der Waals surface area contributed by atoms with Gasteiger partial charge < -0.3 is 15.3 Å². The van der Waals surface area contributed by atoms with Gasteiger partial charge in [0.1, 0.15) is 0 Å². The van der Waals surface area contributed by atoms with Crippen LogP contribution in [0.25, 0.3) is 0 Å². The number of urea groups is 1. The highest BCUT2D eigenvalue weighted by molar-refractivity contribution is 7.89. The highest BCUT2D eigenvalue weighted by Crippen LogP contribution is 2.24. The number of piperidine rings is 1. The SMILES string of the molecule is Cc1cc(S(=O)(=O)NCCNC(=O)N2CCC(C(=O)O)CC2)c(C)s1. The summed E-state index contributed by atoms with van der Waals surface area (Å²) >= 11 is 1.42. The molecule has 2 amide bonds. The van der Waals surface area contributed by atoms with Crippen molar-refractivity contribution in [2.24, 2.45) is 5.92 Å². The number of rotatable bonds is 6. The number of nitrogens with zero attached hydrogens (tertiary/aromatic N) is 1. The van der Waals surface area contributed by atoms with Crippen LogP contribution < -0.4 is 10.0 Å². The third kappa shape index (κ3) is 5.16. The fraction of sp³-hybridized carbons (Fsp3) is 0.600. The van der Waals surface area contributed by atoms with Crippen molar-refractivity contribution in [3.63, 3.8) is 0 Å². The van der Waals surface area contributed by atoms with E-state index < -0.39 is 21.9 Å². The van der Waals surface area contributed by atoms with Gasteiger partial charge in [-0.1, -0.05) is 0 Å². The third-order valence-corrected chi connectivity index (χ3v) is 6.79. The monoisotopic (exact) mass is 389 g/mol. The minimum atomic E-state index is -3.58. The number of aliphatic carboxylic acids is 1. The second kappa shape index (κ2) is 8.15. The van der Waals surface area contributed by atoms with Crippen LogP contribution in [-0.2, 0) is 14.8 Å². The van der Waals surface area contributed by atoms with Crippen molar-refractivity contribution >= 4 is 33.4 Å². The molecule has 0 aromatic carbocycles. The number of hydrogen-bond donors (Lipinski definition) is 3. The normalized spacial score (nSPS) is 16.0. The summed E-state index contributed by atoms with van der Waals surface area (Å²) in [6, 6.07) is 1.33. The van der Waals surface area contributed by atoms with Gasteiger partial charge in [-0.05, 0) is 32.8 Å². The van der Waals surface area contributed by atoms with Crippen molar-refractivity contribution in [3.05, 3.63) is 15.8 Å². The van der Waals surface area contributed by atoms with Gasteiger partial charge in [-0.2, -0.15) is 0 Å². The van der Waals surface area contributed by atoms with E-state index in [1.54, 1.807) is 17.9 Å². The number of nitrogens with one attached hydrogen (secondary N) is 2. The van der Waals surface area contributed by atoms with Gasteiger partial charge in [0.2, 0.25) is 10.0 Å². The maximum absolute atomic E-state index is 12.2. The standard InChI is InChI=1S/C15H23N3O5S2/c1-10-9-13(11(2)24-10)25(22,23)17-6-5-16-15(21)18-7-3-12(4-8-18)14(19)20/h9,12,17H,3-8H2,1-2H3,(H,16,21)(H,19,20). The van der Waals surface area contributed by atoms with E-state index in [1.807, 2.05) is 6.92 Å². The summed E-state index contributed by atoms with van der Waals surface area (Å²) in [7, 11) is -3.58. The predicted molar refractivity (Wildman–Crippen MR) is 94.3 cm³/mol. The molecular weight excluding hydrogens is 366 g/mol. The highest BCUT2D eigenvalue weighted by Gasteiger charge is 2.26. The Morgan fingerprint density at radius 2 is 1.92 bits per heavy atom. The first-order chi connectivity index (χ1) is 11.7. The van der Waals surface area contributed by atoms with Gasteiger partial charge in [-0.3, -0.25) is 4.79 Å². The molecule has 25 heavy (non-hydrogen) atoms. The number of hydrogen-bond acceptors (Lipinski definition) is 5. The summed E-state index contributed by atoms with van der Waals surface area (Å²) in [4.78, 5) is 26.4. The van der Waals surface area contributed by atoms with Crippen LogP contribution in [0.4, 0.5) is 4.79 Å². The molecule has 0 unspecified atom stereocenters. The van der Waals surface area contributed by atoms with Gasteiger partial charge in [0.25, 0.3) is 0 Å². The van der Waals surface area contributed by atoms with E-state index in [9.17, 15) is 18.0 Å². The molecule has 0 saturated carbocycles. The number of aryl methyl sites for hydroxylation is 2. The highest BCUT2D eigenvalue weighted by atomic mass is 32.2. The molecule has 1 fully saturated rings. The Labute approximate surface area is 151 Å². The van der Waals surface area contributed by atoms with Crippen molar-refractivity contribution in [3.8, 4) is 0 Å². The van der Waals surface area contributed by atoms with E-state index in [2.05, 4.69) is 10.0 Å². The lowest BCUT2D eigenvalue weighted by molar-refractivity contribution is -0.143. The molecule has 1 aliphatic rings. The number of carbonyl (C=O) groups is 2. The van der Waals surface area contributed by atoms with Crippen molar-refractivity contribution in [1.29, 1.82) is 0 Å². The van der Waals surface area contributed by atoms with Crippen LogP contribution in [-0.4, -0.2) is 56.6 Å².